The number of ether oxygens (including phenoxy) is 2. The quantitative estimate of drug-likeness (QED) is 0.421. The van der Waals surface area contributed by atoms with E-state index >= 15 is 0 Å². The Kier molecular flexibility index (Phi) is 7.67. The fourth-order valence-corrected chi connectivity index (χ4v) is 5.12. The number of rotatable bonds is 9. The number of nitrogens with zero attached hydrogens (tertiary/aromatic N) is 3. The predicted octanol–water partition coefficient (Wildman–Crippen LogP) is 4.31. The second kappa shape index (κ2) is 10.6. The Morgan fingerprint density at radius 3 is 2.61 bits per heavy atom. The molecule has 0 spiro atoms. The first-order chi connectivity index (χ1) is 17.1. The highest BCUT2D eigenvalue weighted by Gasteiger charge is 2.26. The van der Waals surface area contributed by atoms with E-state index in [1.807, 2.05) is 45.2 Å². The summed E-state index contributed by atoms with van der Waals surface area (Å²) < 4.78 is 44.6. The van der Waals surface area contributed by atoms with Gasteiger partial charge in [0.1, 0.15) is 12.4 Å². The van der Waals surface area contributed by atoms with Crippen LogP contribution in [0.1, 0.15) is 56.2 Å². The van der Waals surface area contributed by atoms with Crippen LogP contribution < -0.4 is 9.46 Å². The second-order valence-corrected chi connectivity index (χ2v) is 11.7. The van der Waals surface area contributed by atoms with E-state index in [9.17, 15) is 8.42 Å². The summed E-state index contributed by atoms with van der Waals surface area (Å²) in [5, 5.41) is 3.88. The summed E-state index contributed by atoms with van der Waals surface area (Å²) >= 11 is 0. The van der Waals surface area contributed by atoms with Crippen LogP contribution >= 0.6 is 0 Å². The number of benzene rings is 1. The average molecular weight is 515 g/mol. The van der Waals surface area contributed by atoms with E-state index in [0.717, 1.165) is 29.7 Å². The van der Waals surface area contributed by atoms with Crippen molar-refractivity contribution in [1.29, 1.82) is 0 Å². The number of aromatic nitrogens is 2. The van der Waals surface area contributed by atoms with E-state index in [2.05, 4.69) is 26.7 Å². The van der Waals surface area contributed by atoms with Crippen LogP contribution in [-0.2, 0) is 33.1 Å². The summed E-state index contributed by atoms with van der Waals surface area (Å²) in [5.41, 5.74) is 2.96. The van der Waals surface area contributed by atoms with Gasteiger partial charge in [-0.3, -0.25) is 9.62 Å². The highest BCUT2D eigenvalue weighted by atomic mass is 32.2. The minimum Gasteiger partial charge on any atom is -0.475 e. The molecule has 36 heavy (non-hydrogen) atoms. The van der Waals surface area contributed by atoms with Crippen molar-refractivity contribution < 1.29 is 22.4 Å². The van der Waals surface area contributed by atoms with Gasteiger partial charge in [-0.1, -0.05) is 38.1 Å². The van der Waals surface area contributed by atoms with Gasteiger partial charge in [-0.25, -0.2) is 13.4 Å². The van der Waals surface area contributed by atoms with E-state index in [0.29, 0.717) is 31.4 Å². The number of pyridine rings is 1. The van der Waals surface area contributed by atoms with Crippen LogP contribution in [0.15, 0.2) is 52.0 Å². The van der Waals surface area contributed by atoms with Gasteiger partial charge < -0.3 is 14.0 Å². The molecule has 2 aromatic heterocycles. The van der Waals surface area contributed by atoms with Gasteiger partial charge in [0.15, 0.2) is 5.82 Å². The lowest BCUT2D eigenvalue weighted by molar-refractivity contribution is 0.143. The Labute approximate surface area is 212 Å². The molecule has 3 aromatic rings. The molecule has 9 nitrogen and oxygen atoms in total. The Balaban J connectivity index is 1.46. The molecule has 10 heteroatoms. The molecule has 1 atom stereocenters. The van der Waals surface area contributed by atoms with Gasteiger partial charge in [0.2, 0.25) is 5.88 Å². The third kappa shape index (κ3) is 6.05. The molecule has 1 aromatic carbocycles. The first kappa shape index (κ1) is 26.1. The van der Waals surface area contributed by atoms with Crippen molar-refractivity contribution in [2.45, 2.75) is 57.0 Å². The summed E-state index contributed by atoms with van der Waals surface area (Å²) in [4.78, 5) is 6.93. The molecule has 0 amide bonds. The lowest BCUT2D eigenvalue weighted by atomic mass is 9.93. The fourth-order valence-electron chi connectivity index (χ4n) is 4.09. The molecule has 4 rings (SSSR count). The average Bonchev–Trinajstić information content (AvgIpc) is 3.32. The fraction of sp³-hybridized carbons (Fsp3) is 0.462. The van der Waals surface area contributed by atoms with Gasteiger partial charge >= 0.3 is 0 Å². The number of nitrogens with one attached hydrogen (secondary N) is 1. The summed E-state index contributed by atoms with van der Waals surface area (Å²) in [5.74, 6) is 1.35. The molecule has 194 valence electrons. The van der Waals surface area contributed by atoms with E-state index in [4.69, 9.17) is 14.0 Å². The zero-order valence-electron chi connectivity index (χ0n) is 21.4. The number of hydrogen-bond donors (Lipinski definition) is 1. The summed E-state index contributed by atoms with van der Waals surface area (Å²) in [6, 6.07) is 10.9. The Hall–Kier alpha value is -2.95. The van der Waals surface area contributed by atoms with Crippen LogP contribution in [0.3, 0.4) is 0 Å². The van der Waals surface area contributed by atoms with Gasteiger partial charge in [0.05, 0.1) is 11.5 Å². The predicted molar refractivity (Wildman–Crippen MR) is 137 cm³/mol. The first-order valence-corrected chi connectivity index (χ1v) is 13.5. The van der Waals surface area contributed by atoms with Crippen molar-refractivity contribution in [2.24, 2.45) is 0 Å². The Bertz CT molecular complexity index is 1280. The molecule has 0 radical (unpaired) electrons. The minimum atomic E-state index is -3.81. The first-order valence-electron chi connectivity index (χ1n) is 12.0. The third-order valence-electron chi connectivity index (χ3n) is 6.34. The monoisotopic (exact) mass is 514 g/mol. The maximum absolute atomic E-state index is 13.1. The molecular formula is C26H34N4O5S. The van der Waals surface area contributed by atoms with Crippen molar-refractivity contribution in [3.8, 4) is 5.88 Å². The highest BCUT2D eigenvalue weighted by molar-refractivity contribution is 7.92. The number of methoxy groups -OCH3 is 1. The lowest BCUT2D eigenvalue weighted by Gasteiger charge is -2.34. The Morgan fingerprint density at radius 1 is 1.14 bits per heavy atom. The van der Waals surface area contributed by atoms with Crippen LogP contribution in [0.5, 0.6) is 5.88 Å². The molecule has 0 fully saturated rings. The molecule has 0 bridgehead atoms. The molecule has 0 aliphatic carbocycles. The molecule has 0 unspecified atom stereocenters. The standard InChI is InChI=1S/C26H34N4O5S/c1-18(20-7-9-25(27-16-20)34-13-12-33-5)30-11-10-19-6-8-22(14-21(19)17-30)36(31,32)29-24-15-23(35-28-24)26(2,3)4/h6-9,14-16,18H,10-13,17H2,1-5H3,(H,28,29)/t18-/m1/s1. The van der Waals surface area contributed by atoms with Crippen LogP contribution in [-0.4, -0.2) is 50.3 Å². The summed E-state index contributed by atoms with van der Waals surface area (Å²) in [7, 11) is -2.18. The minimum absolute atomic E-state index is 0.114. The molecule has 1 N–H and O–H groups in total. The smallest absolute Gasteiger partial charge is 0.263 e. The summed E-state index contributed by atoms with van der Waals surface area (Å²) in [6.07, 6.45) is 2.67. The van der Waals surface area contributed by atoms with Gasteiger partial charge in [-0.2, -0.15) is 0 Å². The van der Waals surface area contributed by atoms with Crippen LogP contribution in [0.4, 0.5) is 5.82 Å². The van der Waals surface area contributed by atoms with Crippen molar-refractivity contribution in [3.63, 3.8) is 0 Å². The number of anilines is 1. The maximum atomic E-state index is 13.1. The number of fused-ring (bicyclic) bond motifs is 1. The third-order valence-corrected chi connectivity index (χ3v) is 7.70. The maximum Gasteiger partial charge on any atom is 0.263 e. The molecule has 1 aliphatic heterocycles. The summed E-state index contributed by atoms with van der Waals surface area (Å²) in [6.45, 7) is 10.5. The Morgan fingerprint density at radius 2 is 1.94 bits per heavy atom. The van der Waals surface area contributed by atoms with E-state index < -0.39 is 10.0 Å². The molecule has 0 saturated heterocycles. The van der Waals surface area contributed by atoms with E-state index in [-0.39, 0.29) is 22.2 Å². The van der Waals surface area contributed by atoms with Crippen molar-refractivity contribution in [1.82, 2.24) is 15.0 Å². The van der Waals surface area contributed by atoms with Crippen molar-refractivity contribution in [2.75, 3.05) is 31.6 Å². The van der Waals surface area contributed by atoms with Crippen molar-refractivity contribution in [3.05, 3.63) is 65.0 Å². The highest BCUT2D eigenvalue weighted by Crippen LogP contribution is 2.30. The van der Waals surface area contributed by atoms with Gasteiger partial charge in [-0.15, -0.1) is 0 Å². The topological polar surface area (TPSA) is 107 Å². The van der Waals surface area contributed by atoms with Crippen LogP contribution in [0.2, 0.25) is 0 Å². The number of hydrogen-bond acceptors (Lipinski definition) is 8. The molecule has 1 aliphatic rings. The zero-order valence-corrected chi connectivity index (χ0v) is 22.3. The zero-order chi connectivity index (χ0) is 25.9. The van der Waals surface area contributed by atoms with E-state index in [1.165, 1.54) is 0 Å². The van der Waals surface area contributed by atoms with Crippen LogP contribution in [0, 0.1) is 0 Å². The normalized spacial score (nSPS) is 15.4. The number of sulfonamides is 1. The SMILES string of the molecule is COCCOc1ccc([C@@H](C)N2CCc3ccc(S(=O)(=O)Nc4cc(C(C)(C)C)on4)cc3C2)cn1. The van der Waals surface area contributed by atoms with Crippen molar-refractivity contribution >= 4 is 15.8 Å². The molecule has 3 heterocycles. The lowest BCUT2D eigenvalue weighted by Crippen LogP contribution is -2.33. The molecular weight excluding hydrogens is 480 g/mol. The van der Waals surface area contributed by atoms with E-state index in [1.54, 1.807) is 25.3 Å². The molecule has 0 saturated carbocycles. The van der Waals surface area contributed by atoms with Gasteiger partial charge in [-0.05, 0) is 42.2 Å². The van der Waals surface area contributed by atoms with Gasteiger partial charge in [0, 0.05) is 50.0 Å². The van der Waals surface area contributed by atoms with Crippen LogP contribution in [0.25, 0.3) is 0 Å². The van der Waals surface area contributed by atoms with Gasteiger partial charge in [0.25, 0.3) is 10.0 Å². The second-order valence-electron chi connectivity index (χ2n) is 10.0. The largest absolute Gasteiger partial charge is 0.475 e.